The van der Waals surface area contributed by atoms with E-state index >= 15 is 0 Å². The van der Waals surface area contributed by atoms with Crippen molar-refractivity contribution in [3.8, 4) is 28.4 Å². The zero-order chi connectivity index (χ0) is 36.5. The number of H-pyrrole nitrogens is 1. The number of nitrogens with one attached hydrogen (secondary N) is 1. The van der Waals surface area contributed by atoms with Crippen LogP contribution in [0, 0.1) is 5.41 Å². The smallest absolute Gasteiger partial charge is 0.418 e. The highest BCUT2D eigenvalue weighted by molar-refractivity contribution is 5.91. The average molecular weight is 721 g/mol. The Hall–Kier alpha value is -4.23. The molecule has 3 fully saturated rings. The van der Waals surface area contributed by atoms with Crippen molar-refractivity contribution in [1.82, 2.24) is 24.8 Å². The zero-order valence-electron chi connectivity index (χ0n) is 30.1. The number of carbonyl (C=O) groups excluding carboxylic acids is 1. The van der Waals surface area contributed by atoms with Crippen molar-refractivity contribution >= 4 is 22.8 Å². The zero-order valence-corrected chi connectivity index (χ0v) is 30.1. The number of imidazole rings is 1. The topological polar surface area (TPSA) is 106 Å². The summed E-state index contributed by atoms with van der Waals surface area (Å²) >= 11 is 0. The molecule has 0 bridgehead atoms. The summed E-state index contributed by atoms with van der Waals surface area (Å²) in [5.74, 6) is 0.992. The molecule has 13 heteroatoms. The van der Waals surface area contributed by atoms with E-state index < -0.39 is 11.7 Å². The molecule has 4 aromatic rings. The van der Waals surface area contributed by atoms with Gasteiger partial charge in [-0.05, 0) is 81.8 Å². The number of esters is 1. The first kappa shape index (κ1) is 36.1. The molecular weight excluding hydrogens is 673 g/mol. The number of methoxy groups -OCH3 is 1. The van der Waals surface area contributed by atoms with Crippen LogP contribution in [-0.4, -0.2) is 90.5 Å². The summed E-state index contributed by atoms with van der Waals surface area (Å²) in [5.41, 5.74) is 2.84. The van der Waals surface area contributed by atoms with Gasteiger partial charge in [0.1, 0.15) is 23.2 Å². The lowest BCUT2D eigenvalue weighted by Gasteiger charge is -2.34. The van der Waals surface area contributed by atoms with Gasteiger partial charge in [0.15, 0.2) is 5.65 Å². The van der Waals surface area contributed by atoms with Crippen molar-refractivity contribution in [1.29, 1.82) is 0 Å². The van der Waals surface area contributed by atoms with Gasteiger partial charge in [-0.2, -0.15) is 13.2 Å². The van der Waals surface area contributed by atoms with Gasteiger partial charge in [-0.15, -0.1) is 0 Å². The van der Waals surface area contributed by atoms with E-state index in [9.17, 15) is 18.0 Å². The second-order valence-electron chi connectivity index (χ2n) is 14.7. The Balaban J connectivity index is 1.16. The summed E-state index contributed by atoms with van der Waals surface area (Å²) in [6.07, 6.45) is 4.46. The number of ether oxygens (including phenoxy) is 3. The number of nitrogens with zero attached hydrogens (tertiary/aromatic N) is 5. The molecule has 0 atom stereocenters. The Morgan fingerprint density at radius 3 is 2.42 bits per heavy atom. The Labute approximate surface area is 302 Å². The molecule has 1 aromatic carbocycles. The third kappa shape index (κ3) is 8.05. The quantitative estimate of drug-likeness (QED) is 0.140. The van der Waals surface area contributed by atoms with Gasteiger partial charge in [-0.3, -0.25) is 14.7 Å². The predicted molar refractivity (Wildman–Crippen MR) is 192 cm³/mol. The highest BCUT2D eigenvalue weighted by Gasteiger charge is 2.40. The van der Waals surface area contributed by atoms with Crippen LogP contribution in [0.1, 0.15) is 75.5 Å². The standard InChI is InChI=1S/C39H47F3N6O4/c1-4-51-33(49)22-48-17-13-29(14-18-48)52-28-11-9-26(10-12-28)36-45-35-32(47(2)23-38(24-50-3)15-5-6-16-38)20-31(44-37(35)46-36)27-19-30(39(40,41)42)34(43-21-27)25-7-8-25/h9-12,19-21,25,29H,4-8,13-18,22-24H2,1-3H3,(H,44,45,46). The fourth-order valence-electron chi connectivity index (χ4n) is 7.91. The molecule has 3 aliphatic rings. The number of rotatable bonds is 13. The molecule has 0 unspecified atom stereocenters. The van der Waals surface area contributed by atoms with E-state index in [0.717, 1.165) is 81.5 Å². The molecule has 4 heterocycles. The lowest BCUT2D eigenvalue weighted by atomic mass is 9.86. The highest BCUT2D eigenvalue weighted by Crippen LogP contribution is 2.46. The number of hydrogen-bond acceptors (Lipinski definition) is 9. The van der Waals surface area contributed by atoms with E-state index in [-0.39, 0.29) is 29.1 Å². The fraction of sp³-hybridized carbons (Fsp3) is 0.538. The number of anilines is 1. The highest BCUT2D eigenvalue weighted by atomic mass is 19.4. The van der Waals surface area contributed by atoms with Gasteiger partial charge in [0, 0.05) is 62.4 Å². The molecule has 0 spiro atoms. The third-order valence-electron chi connectivity index (χ3n) is 10.6. The van der Waals surface area contributed by atoms with Crippen LogP contribution in [0.5, 0.6) is 5.75 Å². The first-order valence-electron chi connectivity index (χ1n) is 18.4. The Morgan fingerprint density at radius 1 is 1.04 bits per heavy atom. The van der Waals surface area contributed by atoms with Crippen LogP contribution in [0.4, 0.5) is 18.9 Å². The predicted octanol–water partition coefficient (Wildman–Crippen LogP) is 7.63. The number of hydrogen-bond donors (Lipinski definition) is 1. The second kappa shape index (κ2) is 15.0. The number of piperidine rings is 1. The first-order valence-corrected chi connectivity index (χ1v) is 18.4. The Kier molecular flexibility index (Phi) is 10.4. The van der Waals surface area contributed by atoms with E-state index in [0.29, 0.717) is 54.5 Å². The molecule has 52 heavy (non-hydrogen) atoms. The minimum Gasteiger partial charge on any atom is -0.490 e. The number of aromatic amines is 1. The minimum absolute atomic E-state index is 0.0215. The van der Waals surface area contributed by atoms with Gasteiger partial charge in [0.2, 0.25) is 0 Å². The third-order valence-corrected chi connectivity index (χ3v) is 10.6. The number of halogens is 3. The molecule has 3 aromatic heterocycles. The van der Waals surface area contributed by atoms with Crippen LogP contribution >= 0.6 is 0 Å². The molecule has 10 nitrogen and oxygen atoms in total. The lowest BCUT2D eigenvalue weighted by Crippen LogP contribution is -2.41. The van der Waals surface area contributed by atoms with Gasteiger partial charge < -0.3 is 24.1 Å². The van der Waals surface area contributed by atoms with Crippen LogP contribution in [0.2, 0.25) is 0 Å². The average Bonchev–Trinajstić information content (AvgIpc) is 3.72. The summed E-state index contributed by atoms with van der Waals surface area (Å²) in [4.78, 5) is 33.6. The van der Waals surface area contributed by atoms with Crippen LogP contribution in [-0.2, 0) is 20.4 Å². The monoisotopic (exact) mass is 720 g/mol. The molecule has 1 aliphatic heterocycles. The van der Waals surface area contributed by atoms with Crippen molar-refractivity contribution in [2.24, 2.45) is 5.41 Å². The van der Waals surface area contributed by atoms with Crippen LogP contribution in [0.25, 0.3) is 33.8 Å². The molecule has 2 saturated carbocycles. The minimum atomic E-state index is -4.52. The largest absolute Gasteiger partial charge is 0.490 e. The summed E-state index contributed by atoms with van der Waals surface area (Å²) in [6.45, 7) is 5.36. The van der Waals surface area contributed by atoms with E-state index in [1.807, 2.05) is 44.3 Å². The van der Waals surface area contributed by atoms with Gasteiger partial charge >= 0.3 is 12.1 Å². The SMILES string of the molecule is CCOC(=O)CN1CCC(Oc2ccc(-c3nc4nc(-c5cnc(C6CC6)c(C(F)(F)F)c5)cc(N(C)CC5(COC)CCCC5)c4[nH]3)cc2)CC1. The van der Waals surface area contributed by atoms with Gasteiger partial charge in [0.25, 0.3) is 0 Å². The Bertz CT molecular complexity index is 1860. The van der Waals surface area contributed by atoms with Crippen molar-refractivity contribution in [3.63, 3.8) is 0 Å². The molecule has 2 aliphatic carbocycles. The molecule has 1 saturated heterocycles. The summed E-state index contributed by atoms with van der Waals surface area (Å²) < 4.78 is 59.8. The van der Waals surface area contributed by atoms with E-state index in [1.165, 1.54) is 12.3 Å². The van der Waals surface area contributed by atoms with Crippen LogP contribution < -0.4 is 9.64 Å². The van der Waals surface area contributed by atoms with E-state index in [4.69, 9.17) is 24.2 Å². The summed E-state index contributed by atoms with van der Waals surface area (Å²) in [7, 11) is 3.74. The first-order chi connectivity index (χ1) is 25.0. The molecule has 278 valence electrons. The normalized spacial score (nSPS) is 18.2. The van der Waals surface area contributed by atoms with E-state index in [1.54, 1.807) is 7.11 Å². The number of likely N-dealkylation sites (tertiary alicyclic amines) is 1. The van der Waals surface area contributed by atoms with Crippen molar-refractivity contribution in [2.45, 2.75) is 76.5 Å². The number of alkyl halides is 3. The Morgan fingerprint density at radius 2 is 1.77 bits per heavy atom. The van der Waals surface area contributed by atoms with Gasteiger partial charge in [-0.1, -0.05) is 12.8 Å². The summed E-state index contributed by atoms with van der Waals surface area (Å²) in [6, 6.07) is 10.8. The lowest BCUT2D eigenvalue weighted by molar-refractivity contribution is -0.145. The maximum atomic E-state index is 14.2. The number of aromatic nitrogens is 4. The number of carbonyl (C=O) groups is 1. The van der Waals surface area contributed by atoms with E-state index in [2.05, 4.69) is 19.8 Å². The second-order valence-corrected chi connectivity index (χ2v) is 14.7. The van der Waals surface area contributed by atoms with Gasteiger partial charge in [-0.25, -0.2) is 9.97 Å². The van der Waals surface area contributed by atoms with Crippen molar-refractivity contribution < 1.29 is 32.2 Å². The number of fused-ring (bicyclic) bond motifs is 1. The van der Waals surface area contributed by atoms with Crippen molar-refractivity contribution in [3.05, 3.63) is 53.9 Å². The molecular formula is C39H47F3N6O4. The van der Waals surface area contributed by atoms with Gasteiger partial charge in [0.05, 0.1) is 42.4 Å². The molecule has 0 radical (unpaired) electrons. The number of benzene rings is 1. The number of pyridine rings is 2. The van der Waals surface area contributed by atoms with Crippen molar-refractivity contribution in [2.75, 3.05) is 58.5 Å². The molecule has 1 N–H and O–H groups in total. The van der Waals surface area contributed by atoms with Crippen LogP contribution in [0.15, 0.2) is 42.6 Å². The van der Waals surface area contributed by atoms with Crippen LogP contribution in [0.3, 0.4) is 0 Å². The summed E-state index contributed by atoms with van der Waals surface area (Å²) in [5, 5.41) is 0. The fourth-order valence-corrected chi connectivity index (χ4v) is 7.91. The molecule has 7 rings (SSSR count). The maximum absolute atomic E-state index is 14.2. The maximum Gasteiger partial charge on any atom is 0.418 e. The molecule has 0 amide bonds.